The van der Waals surface area contributed by atoms with Crippen LogP contribution in [0, 0.1) is 10.1 Å². The second-order valence-electron chi connectivity index (χ2n) is 3.89. The van der Waals surface area contributed by atoms with E-state index >= 15 is 0 Å². The number of hydrogen-bond donors (Lipinski definition) is 1. The molecule has 0 aliphatic rings. The third-order valence-corrected chi connectivity index (χ3v) is 3.28. The van der Waals surface area contributed by atoms with Crippen LogP contribution < -0.4 is 4.90 Å². The van der Waals surface area contributed by atoms with E-state index in [-0.39, 0.29) is 21.4 Å². The first-order valence-corrected chi connectivity index (χ1v) is 6.14. The highest BCUT2D eigenvalue weighted by molar-refractivity contribution is 6.39. The number of carboxylic acid groups (broad SMARTS) is 1. The molecule has 1 rings (SSSR count). The van der Waals surface area contributed by atoms with Crippen molar-refractivity contribution in [3.8, 4) is 0 Å². The predicted octanol–water partition coefficient (Wildman–Crippen LogP) is 3.20. The molecule has 0 fully saturated rings. The van der Waals surface area contributed by atoms with Crippen molar-refractivity contribution in [1.82, 2.24) is 0 Å². The number of nitro groups is 1. The second-order valence-corrected chi connectivity index (χ2v) is 4.70. The molecular formula is C11H12Cl2N2O4. The summed E-state index contributed by atoms with van der Waals surface area (Å²) in [5, 5.41) is 19.8. The number of carbonyl (C=O) groups is 1. The maximum absolute atomic E-state index is 11.1. The Labute approximate surface area is 119 Å². The van der Waals surface area contributed by atoms with Gasteiger partial charge < -0.3 is 10.0 Å². The fraction of sp³-hybridized carbons (Fsp3) is 0.364. The van der Waals surface area contributed by atoms with E-state index in [1.165, 1.54) is 11.9 Å². The normalized spacial score (nSPS) is 12.0. The highest BCUT2D eigenvalue weighted by Crippen LogP contribution is 2.37. The predicted molar refractivity (Wildman–Crippen MR) is 73.2 cm³/mol. The molecule has 0 bridgehead atoms. The van der Waals surface area contributed by atoms with Crippen molar-refractivity contribution < 1.29 is 14.8 Å². The van der Waals surface area contributed by atoms with Gasteiger partial charge in [-0.15, -0.1) is 0 Å². The molecule has 0 saturated carbocycles. The Hall–Kier alpha value is -1.53. The zero-order valence-corrected chi connectivity index (χ0v) is 11.8. The highest BCUT2D eigenvalue weighted by Gasteiger charge is 2.25. The number of anilines is 1. The zero-order valence-electron chi connectivity index (χ0n) is 10.3. The number of aliphatic carboxylic acids is 1. The van der Waals surface area contributed by atoms with E-state index in [2.05, 4.69) is 0 Å². The van der Waals surface area contributed by atoms with Gasteiger partial charge in [-0.2, -0.15) is 0 Å². The largest absolute Gasteiger partial charge is 0.480 e. The Morgan fingerprint density at radius 2 is 1.95 bits per heavy atom. The summed E-state index contributed by atoms with van der Waals surface area (Å²) < 4.78 is 0. The van der Waals surface area contributed by atoms with Crippen molar-refractivity contribution in [1.29, 1.82) is 0 Å². The van der Waals surface area contributed by atoms with E-state index in [4.69, 9.17) is 28.3 Å². The first-order chi connectivity index (χ1) is 8.79. The fourth-order valence-electron chi connectivity index (χ4n) is 1.76. The third-order valence-electron chi connectivity index (χ3n) is 2.70. The molecule has 0 amide bonds. The van der Waals surface area contributed by atoms with E-state index in [1.54, 1.807) is 6.92 Å². The summed E-state index contributed by atoms with van der Waals surface area (Å²) in [6, 6.07) is 1.48. The van der Waals surface area contributed by atoms with E-state index in [0.29, 0.717) is 6.42 Å². The summed E-state index contributed by atoms with van der Waals surface area (Å²) in [5.41, 5.74) is 0.0266. The molecule has 0 radical (unpaired) electrons. The van der Waals surface area contributed by atoms with Crippen LogP contribution in [-0.2, 0) is 4.79 Å². The number of likely N-dealkylation sites (N-methyl/N-ethyl adjacent to an activating group) is 1. The molecule has 1 N–H and O–H groups in total. The lowest BCUT2D eigenvalue weighted by atomic mass is 10.1. The molecule has 19 heavy (non-hydrogen) atoms. The van der Waals surface area contributed by atoms with Gasteiger partial charge in [0.25, 0.3) is 5.69 Å². The summed E-state index contributed by atoms with van der Waals surface area (Å²) in [7, 11) is 1.53. The molecule has 1 aromatic rings. The second kappa shape index (κ2) is 6.08. The summed E-state index contributed by atoms with van der Waals surface area (Å²) in [6.07, 6.45) is 0.343. The van der Waals surface area contributed by atoms with Crippen LogP contribution in [-0.4, -0.2) is 29.1 Å². The minimum Gasteiger partial charge on any atom is -0.480 e. The molecule has 0 aliphatic heterocycles. The lowest BCUT2D eigenvalue weighted by Crippen LogP contribution is -2.38. The van der Waals surface area contributed by atoms with Crippen molar-refractivity contribution in [2.24, 2.45) is 0 Å². The van der Waals surface area contributed by atoms with Crippen molar-refractivity contribution in [3.63, 3.8) is 0 Å². The number of hydrogen-bond acceptors (Lipinski definition) is 4. The molecule has 6 nitrogen and oxygen atoms in total. The summed E-state index contributed by atoms with van der Waals surface area (Å²) in [6.45, 7) is 1.71. The number of nitro benzene ring substituents is 1. The summed E-state index contributed by atoms with van der Waals surface area (Å²) in [5.74, 6) is -1.02. The van der Waals surface area contributed by atoms with Crippen LogP contribution >= 0.6 is 23.2 Å². The SMILES string of the molecule is CCC(C(=O)O)N(C)c1c(Cl)cc([N+](=O)[O-])cc1Cl. The van der Waals surface area contributed by atoms with Crippen LogP contribution in [0.1, 0.15) is 13.3 Å². The summed E-state index contributed by atoms with van der Waals surface area (Å²) in [4.78, 5) is 22.6. The highest BCUT2D eigenvalue weighted by atomic mass is 35.5. The molecule has 1 aromatic carbocycles. The topological polar surface area (TPSA) is 83.7 Å². The Balaban J connectivity index is 3.27. The van der Waals surface area contributed by atoms with Crippen LogP contribution in [0.5, 0.6) is 0 Å². The first kappa shape index (κ1) is 15.5. The van der Waals surface area contributed by atoms with Crippen molar-refractivity contribution >= 4 is 40.5 Å². The molecule has 0 heterocycles. The van der Waals surface area contributed by atoms with Crippen LogP contribution in [0.2, 0.25) is 10.0 Å². The monoisotopic (exact) mass is 306 g/mol. The number of carboxylic acids is 1. The van der Waals surface area contributed by atoms with Crippen LogP contribution in [0.15, 0.2) is 12.1 Å². The molecular weight excluding hydrogens is 295 g/mol. The molecule has 8 heteroatoms. The minimum atomic E-state index is -1.02. The fourth-order valence-corrected chi connectivity index (χ4v) is 2.51. The van der Waals surface area contributed by atoms with E-state index in [9.17, 15) is 14.9 Å². The first-order valence-electron chi connectivity index (χ1n) is 5.38. The van der Waals surface area contributed by atoms with Gasteiger partial charge in [-0.05, 0) is 6.42 Å². The van der Waals surface area contributed by atoms with Crippen molar-refractivity contribution in [2.45, 2.75) is 19.4 Å². The zero-order chi connectivity index (χ0) is 14.7. The van der Waals surface area contributed by atoms with Gasteiger partial charge in [-0.25, -0.2) is 4.79 Å². The van der Waals surface area contributed by atoms with E-state index in [0.717, 1.165) is 12.1 Å². The third kappa shape index (κ3) is 3.27. The van der Waals surface area contributed by atoms with Crippen molar-refractivity contribution in [2.75, 3.05) is 11.9 Å². The standard InChI is InChI=1S/C11H12Cl2N2O4/c1-3-9(11(16)17)14(2)10-7(12)4-6(15(18)19)5-8(10)13/h4-5,9H,3H2,1-2H3,(H,16,17). The molecule has 0 saturated heterocycles. The number of halogens is 2. The van der Waals surface area contributed by atoms with Gasteiger partial charge in [-0.3, -0.25) is 10.1 Å². The van der Waals surface area contributed by atoms with Gasteiger partial charge in [0.15, 0.2) is 0 Å². The van der Waals surface area contributed by atoms with Gasteiger partial charge in [-0.1, -0.05) is 30.1 Å². The Bertz CT molecular complexity index is 498. The molecule has 104 valence electrons. The smallest absolute Gasteiger partial charge is 0.326 e. The maximum atomic E-state index is 11.1. The quantitative estimate of drug-likeness (QED) is 0.667. The molecule has 0 aromatic heterocycles. The number of benzene rings is 1. The molecule has 0 spiro atoms. The average Bonchev–Trinajstić information content (AvgIpc) is 2.27. The van der Waals surface area contributed by atoms with Crippen LogP contribution in [0.4, 0.5) is 11.4 Å². The Morgan fingerprint density at radius 3 is 2.26 bits per heavy atom. The Kier molecular flexibility index (Phi) is 4.97. The number of rotatable bonds is 5. The van der Waals surface area contributed by atoms with Gasteiger partial charge in [0.1, 0.15) is 6.04 Å². The van der Waals surface area contributed by atoms with Crippen LogP contribution in [0.25, 0.3) is 0 Å². The average molecular weight is 307 g/mol. The van der Waals surface area contributed by atoms with Gasteiger partial charge >= 0.3 is 5.97 Å². The molecule has 1 atom stereocenters. The Morgan fingerprint density at radius 1 is 1.47 bits per heavy atom. The maximum Gasteiger partial charge on any atom is 0.326 e. The van der Waals surface area contributed by atoms with Gasteiger partial charge in [0, 0.05) is 19.2 Å². The minimum absolute atomic E-state index is 0.0430. The van der Waals surface area contributed by atoms with Gasteiger partial charge in [0.2, 0.25) is 0 Å². The van der Waals surface area contributed by atoms with Crippen LogP contribution in [0.3, 0.4) is 0 Å². The number of non-ortho nitro benzene ring substituents is 1. The van der Waals surface area contributed by atoms with Gasteiger partial charge in [0.05, 0.1) is 20.7 Å². The lowest BCUT2D eigenvalue weighted by molar-refractivity contribution is -0.384. The van der Waals surface area contributed by atoms with E-state index in [1.807, 2.05) is 0 Å². The number of nitrogens with zero attached hydrogens (tertiary/aromatic N) is 2. The lowest BCUT2D eigenvalue weighted by Gasteiger charge is -2.27. The summed E-state index contributed by atoms with van der Waals surface area (Å²) >= 11 is 11.9. The molecule has 1 unspecified atom stereocenters. The van der Waals surface area contributed by atoms with Crippen molar-refractivity contribution in [3.05, 3.63) is 32.3 Å². The molecule has 0 aliphatic carbocycles. The van der Waals surface area contributed by atoms with E-state index < -0.39 is 16.9 Å².